The second kappa shape index (κ2) is 7.39. The minimum atomic E-state index is -3.37. The van der Waals surface area contributed by atoms with Gasteiger partial charge in [0.25, 0.3) is 5.56 Å². The quantitative estimate of drug-likeness (QED) is 0.787. The summed E-state index contributed by atoms with van der Waals surface area (Å²) in [6.45, 7) is 6.46. The highest BCUT2D eigenvalue weighted by Crippen LogP contribution is 2.33. The summed E-state index contributed by atoms with van der Waals surface area (Å²) in [5.74, 6) is 0.929. The lowest BCUT2D eigenvalue weighted by molar-refractivity contribution is 0.257. The van der Waals surface area contributed by atoms with Gasteiger partial charge in [0.2, 0.25) is 0 Å². The number of ether oxygens (including phenoxy) is 1. The second-order valence-corrected chi connectivity index (χ2v) is 8.41. The number of hydrogen-bond donors (Lipinski definition) is 0. The SMILES string of the molecule is CCC(C)COc1ccc(S(C)(=O)=O)cc1-c1nn(C)c(=O)cc1C. The van der Waals surface area contributed by atoms with E-state index in [1.165, 1.54) is 16.8 Å². The molecule has 1 unspecified atom stereocenters. The van der Waals surface area contributed by atoms with E-state index < -0.39 is 9.84 Å². The van der Waals surface area contributed by atoms with Crippen LogP contribution in [-0.2, 0) is 16.9 Å². The predicted octanol–water partition coefficient (Wildman–Crippen LogP) is 2.58. The van der Waals surface area contributed by atoms with Crippen LogP contribution in [0, 0.1) is 12.8 Å². The number of aryl methyl sites for hydroxylation is 2. The largest absolute Gasteiger partial charge is 0.493 e. The van der Waals surface area contributed by atoms with Crippen LogP contribution in [0.25, 0.3) is 11.3 Å². The number of sulfone groups is 1. The van der Waals surface area contributed by atoms with E-state index in [1.807, 2.05) is 0 Å². The van der Waals surface area contributed by atoms with Crippen LogP contribution in [0.5, 0.6) is 5.75 Å². The van der Waals surface area contributed by atoms with Gasteiger partial charge in [-0.15, -0.1) is 0 Å². The summed E-state index contributed by atoms with van der Waals surface area (Å²) in [5, 5.41) is 4.30. The Labute approximate surface area is 148 Å². The Morgan fingerprint density at radius 3 is 2.56 bits per heavy atom. The monoisotopic (exact) mass is 364 g/mol. The van der Waals surface area contributed by atoms with Crippen molar-refractivity contribution in [2.24, 2.45) is 13.0 Å². The summed E-state index contributed by atoms with van der Waals surface area (Å²) in [6, 6.07) is 6.22. The molecule has 0 aliphatic rings. The summed E-state index contributed by atoms with van der Waals surface area (Å²) in [5.41, 5.74) is 1.55. The summed E-state index contributed by atoms with van der Waals surface area (Å²) in [4.78, 5) is 12.0. The topological polar surface area (TPSA) is 78.3 Å². The van der Waals surface area contributed by atoms with Gasteiger partial charge in [0.1, 0.15) is 5.75 Å². The summed E-state index contributed by atoms with van der Waals surface area (Å²) < 4.78 is 31.0. The third kappa shape index (κ3) is 4.48. The molecule has 0 N–H and O–H groups in total. The van der Waals surface area contributed by atoms with E-state index in [4.69, 9.17) is 4.74 Å². The highest BCUT2D eigenvalue weighted by atomic mass is 32.2. The van der Waals surface area contributed by atoms with Crippen LogP contribution in [0.1, 0.15) is 25.8 Å². The number of rotatable bonds is 6. The van der Waals surface area contributed by atoms with Crippen LogP contribution >= 0.6 is 0 Å². The lowest BCUT2D eigenvalue weighted by Crippen LogP contribution is -2.20. The van der Waals surface area contributed by atoms with Gasteiger partial charge < -0.3 is 4.74 Å². The van der Waals surface area contributed by atoms with Gasteiger partial charge in [-0.1, -0.05) is 20.3 Å². The Morgan fingerprint density at radius 2 is 1.96 bits per heavy atom. The van der Waals surface area contributed by atoms with E-state index >= 15 is 0 Å². The Balaban J connectivity index is 2.63. The molecule has 6 nitrogen and oxygen atoms in total. The first-order valence-electron chi connectivity index (χ1n) is 8.15. The molecule has 0 amide bonds. The smallest absolute Gasteiger partial charge is 0.266 e. The van der Waals surface area contributed by atoms with Crippen molar-refractivity contribution < 1.29 is 13.2 Å². The van der Waals surface area contributed by atoms with E-state index in [1.54, 1.807) is 26.1 Å². The van der Waals surface area contributed by atoms with Gasteiger partial charge in [0.15, 0.2) is 9.84 Å². The average molecular weight is 364 g/mol. The third-order valence-electron chi connectivity index (χ3n) is 4.14. The summed E-state index contributed by atoms with van der Waals surface area (Å²) in [7, 11) is -1.81. The summed E-state index contributed by atoms with van der Waals surface area (Å²) in [6.07, 6.45) is 2.14. The van der Waals surface area contributed by atoms with Gasteiger partial charge in [-0.2, -0.15) is 5.10 Å². The van der Waals surface area contributed by atoms with Crippen LogP contribution < -0.4 is 10.3 Å². The fourth-order valence-corrected chi connectivity index (χ4v) is 2.94. The molecule has 0 fully saturated rings. The van der Waals surface area contributed by atoms with Crippen molar-refractivity contribution in [3.63, 3.8) is 0 Å². The predicted molar refractivity (Wildman–Crippen MR) is 97.7 cm³/mol. The van der Waals surface area contributed by atoms with E-state index in [0.717, 1.165) is 12.7 Å². The zero-order chi connectivity index (χ0) is 18.8. The van der Waals surface area contributed by atoms with Crippen LogP contribution in [0.2, 0.25) is 0 Å². The van der Waals surface area contributed by atoms with Crippen LogP contribution in [-0.4, -0.2) is 31.1 Å². The van der Waals surface area contributed by atoms with Crippen molar-refractivity contribution in [2.75, 3.05) is 12.9 Å². The van der Waals surface area contributed by atoms with Crippen LogP contribution in [0.15, 0.2) is 34.0 Å². The Kier molecular flexibility index (Phi) is 5.67. The molecule has 0 radical (unpaired) electrons. The average Bonchev–Trinajstić information content (AvgIpc) is 2.55. The molecule has 1 atom stereocenters. The standard InChI is InChI=1S/C18H24N2O4S/c1-6-12(2)11-24-16-8-7-14(25(5,22)23)10-15(16)18-13(3)9-17(21)20(4)19-18/h7-10,12H,6,11H2,1-5H3. The molecule has 25 heavy (non-hydrogen) atoms. The van der Waals surface area contributed by atoms with E-state index in [0.29, 0.717) is 35.1 Å². The van der Waals surface area contributed by atoms with E-state index in [2.05, 4.69) is 18.9 Å². The molecule has 0 aliphatic heterocycles. The van der Waals surface area contributed by atoms with E-state index in [9.17, 15) is 13.2 Å². The van der Waals surface area contributed by atoms with Crippen molar-refractivity contribution in [2.45, 2.75) is 32.1 Å². The Bertz CT molecular complexity index is 933. The molecule has 0 bridgehead atoms. The molecule has 136 valence electrons. The molecule has 1 aromatic heterocycles. The first-order valence-corrected chi connectivity index (χ1v) is 10.0. The van der Waals surface area contributed by atoms with E-state index in [-0.39, 0.29) is 10.5 Å². The Morgan fingerprint density at radius 1 is 1.28 bits per heavy atom. The van der Waals surface area contributed by atoms with Gasteiger partial charge in [0, 0.05) is 24.9 Å². The minimum absolute atomic E-state index is 0.188. The maximum absolute atomic E-state index is 11.9. The third-order valence-corrected chi connectivity index (χ3v) is 5.25. The van der Waals surface area contributed by atoms with Gasteiger partial charge in [-0.3, -0.25) is 4.79 Å². The molecule has 2 aromatic rings. The maximum Gasteiger partial charge on any atom is 0.266 e. The lowest BCUT2D eigenvalue weighted by atomic mass is 10.1. The number of hydrogen-bond acceptors (Lipinski definition) is 5. The highest BCUT2D eigenvalue weighted by Gasteiger charge is 2.17. The van der Waals surface area contributed by atoms with Crippen LogP contribution in [0.3, 0.4) is 0 Å². The molecule has 0 spiro atoms. The highest BCUT2D eigenvalue weighted by molar-refractivity contribution is 7.90. The molecule has 1 aromatic carbocycles. The molecule has 1 heterocycles. The maximum atomic E-state index is 11.9. The second-order valence-electron chi connectivity index (χ2n) is 6.39. The van der Waals surface area contributed by atoms with Crippen molar-refractivity contribution >= 4 is 9.84 Å². The minimum Gasteiger partial charge on any atom is -0.493 e. The zero-order valence-corrected chi connectivity index (χ0v) is 16.1. The fraction of sp³-hybridized carbons (Fsp3) is 0.444. The van der Waals surface area contributed by atoms with Crippen molar-refractivity contribution in [3.8, 4) is 17.0 Å². The molecule has 0 saturated carbocycles. The van der Waals surface area contributed by atoms with Gasteiger partial charge in [0.05, 0.1) is 17.2 Å². The number of aromatic nitrogens is 2. The number of benzene rings is 1. The molecule has 7 heteroatoms. The molecule has 2 rings (SSSR count). The molecular weight excluding hydrogens is 340 g/mol. The zero-order valence-electron chi connectivity index (χ0n) is 15.2. The number of nitrogens with zero attached hydrogens (tertiary/aromatic N) is 2. The van der Waals surface area contributed by atoms with Crippen molar-refractivity contribution in [1.82, 2.24) is 9.78 Å². The first-order chi connectivity index (χ1) is 11.6. The first kappa shape index (κ1) is 19.2. The van der Waals surface area contributed by atoms with Gasteiger partial charge in [-0.25, -0.2) is 13.1 Å². The summed E-state index contributed by atoms with van der Waals surface area (Å²) >= 11 is 0. The molecule has 0 aliphatic carbocycles. The normalized spacial score (nSPS) is 12.8. The molecule has 0 saturated heterocycles. The van der Waals surface area contributed by atoms with Crippen LogP contribution in [0.4, 0.5) is 0 Å². The lowest BCUT2D eigenvalue weighted by Gasteiger charge is -2.16. The van der Waals surface area contributed by atoms with Gasteiger partial charge >= 0.3 is 0 Å². The van der Waals surface area contributed by atoms with Crippen molar-refractivity contribution in [1.29, 1.82) is 0 Å². The van der Waals surface area contributed by atoms with Gasteiger partial charge in [-0.05, 0) is 36.6 Å². The molecular formula is C18H24N2O4S. The van der Waals surface area contributed by atoms with Crippen molar-refractivity contribution in [3.05, 3.63) is 40.2 Å². The fourth-order valence-electron chi connectivity index (χ4n) is 2.29. The Hall–Kier alpha value is -2.15.